The van der Waals surface area contributed by atoms with Crippen LogP contribution in [0.4, 0.5) is 11.4 Å². The van der Waals surface area contributed by atoms with E-state index >= 15 is 0 Å². The maximum Gasteiger partial charge on any atom is 0.255 e. The molecule has 0 aromatic heterocycles. The third-order valence-electron chi connectivity index (χ3n) is 2.69. The summed E-state index contributed by atoms with van der Waals surface area (Å²) in [5.74, 6) is 0.261. The number of hydrogen-bond donors (Lipinski definition) is 2. The fourth-order valence-electron chi connectivity index (χ4n) is 1.82. The molecular weight excluding hydrogens is 356 g/mol. The molecule has 0 radical (unpaired) electrons. The van der Waals surface area contributed by atoms with Crippen molar-refractivity contribution in [2.75, 3.05) is 17.7 Å². The van der Waals surface area contributed by atoms with Crippen LogP contribution in [0.15, 0.2) is 40.9 Å². The number of rotatable bonds is 4. The first-order chi connectivity index (χ1) is 10.0. The summed E-state index contributed by atoms with van der Waals surface area (Å²) in [6.45, 7) is 2.34. The molecule has 2 rings (SSSR count). The minimum Gasteiger partial charge on any atom is -0.491 e. The topological polar surface area (TPSA) is 64.3 Å². The van der Waals surface area contributed by atoms with Gasteiger partial charge in [-0.05, 0) is 53.2 Å². The fraction of sp³-hybridized carbons (Fsp3) is 0.133. The Morgan fingerprint density at radius 2 is 2.14 bits per heavy atom. The number of ether oxygens (including phenoxy) is 1. The summed E-state index contributed by atoms with van der Waals surface area (Å²) in [5, 5.41) is 3.28. The van der Waals surface area contributed by atoms with E-state index in [0.29, 0.717) is 38.8 Å². The molecule has 0 saturated carbocycles. The Bertz CT molecular complexity index is 677. The second-order valence-electron chi connectivity index (χ2n) is 4.28. The van der Waals surface area contributed by atoms with E-state index in [9.17, 15) is 4.79 Å². The molecule has 0 spiro atoms. The van der Waals surface area contributed by atoms with Gasteiger partial charge in [0.15, 0.2) is 5.75 Å². The van der Waals surface area contributed by atoms with Crippen molar-refractivity contribution < 1.29 is 9.53 Å². The Morgan fingerprint density at radius 3 is 2.81 bits per heavy atom. The molecular formula is C15H14BrClN2O2. The summed E-state index contributed by atoms with van der Waals surface area (Å²) in [6.07, 6.45) is 0. The molecule has 0 aliphatic heterocycles. The van der Waals surface area contributed by atoms with E-state index < -0.39 is 0 Å². The highest BCUT2D eigenvalue weighted by Crippen LogP contribution is 2.36. The standard InChI is InChI=1S/C15H14BrClN2O2/c1-2-21-14-12(16)7-10(17)8-13(14)19-15(20)9-4-3-5-11(18)6-9/h3-8H,2,18H2,1H3,(H,19,20). The van der Waals surface area contributed by atoms with Gasteiger partial charge in [-0.3, -0.25) is 4.79 Å². The van der Waals surface area contributed by atoms with Crippen LogP contribution in [0.25, 0.3) is 0 Å². The van der Waals surface area contributed by atoms with Crippen LogP contribution in [0, 0.1) is 0 Å². The number of nitrogens with two attached hydrogens (primary N) is 1. The molecule has 110 valence electrons. The molecule has 0 atom stereocenters. The van der Waals surface area contributed by atoms with Crippen molar-refractivity contribution in [2.24, 2.45) is 0 Å². The third-order valence-corrected chi connectivity index (χ3v) is 3.50. The molecule has 1 amide bonds. The average molecular weight is 370 g/mol. The first-order valence-electron chi connectivity index (χ1n) is 6.30. The zero-order valence-electron chi connectivity index (χ0n) is 11.3. The molecule has 3 N–H and O–H groups in total. The average Bonchev–Trinajstić information content (AvgIpc) is 2.42. The molecule has 0 bridgehead atoms. The van der Waals surface area contributed by atoms with Crippen LogP contribution < -0.4 is 15.8 Å². The van der Waals surface area contributed by atoms with Gasteiger partial charge in [-0.15, -0.1) is 0 Å². The fourth-order valence-corrected chi connectivity index (χ4v) is 2.74. The predicted octanol–water partition coefficient (Wildman–Crippen LogP) is 4.34. The van der Waals surface area contributed by atoms with Crippen LogP contribution in [0.3, 0.4) is 0 Å². The second kappa shape index (κ2) is 6.83. The van der Waals surface area contributed by atoms with Gasteiger partial charge in [0.2, 0.25) is 0 Å². The normalized spacial score (nSPS) is 10.2. The van der Waals surface area contributed by atoms with Crippen LogP contribution in [-0.4, -0.2) is 12.5 Å². The lowest BCUT2D eigenvalue weighted by Gasteiger charge is -2.14. The number of carbonyl (C=O) groups is 1. The zero-order chi connectivity index (χ0) is 15.4. The third kappa shape index (κ3) is 3.89. The number of benzene rings is 2. The van der Waals surface area contributed by atoms with E-state index in [2.05, 4.69) is 21.2 Å². The number of amides is 1. The molecule has 0 saturated heterocycles. The molecule has 2 aromatic rings. The first-order valence-corrected chi connectivity index (χ1v) is 7.47. The number of nitrogen functional groups attached to an aromatic ring is 1. The molecule has 21 heavy (non-hydrogen) atoms. The maximum atomic E-state index is 12.3. The van der Waals surface area contributed by atoms with E-state index in [1.807, 2.05) is 6.92 Å². The second-order valence-corrected chi connectivity index (χ2v) is 5.57. The Kier molecular flexibility index (Phi) is 5.09. The molecule has 6 heteroatoms. The van der Waals surface area contributed by atoms with Gasteiger partial charge in [0, 0.05) is 16.3 Å². The van der Waals surface area contributed by atoms with Gasteiger partial charge in [-0.2, -0.15) is 0 Å². The minimum absolute atomic E-state index is 0.280. The van der Waals surface area contributed by atoms with E-state index in [-0.39, 0.29) is 5.91 Å². The summed E-state index contributed by atoms with van der Waals surface area (Å²) < 4.78 is 6.22. The highest BCUT2D eigenvalue weighted by atomic mass is 79.9. The SMILES string of the molecule is CCOc1c(Br)cc(Cl)cc1NC(=O)c1cccc(N)c1. The van der Waals surface area contributed by atoms with Crippen LogP contribution in [-0.2, 0) is 0 Å². The van der Waals surface area contributed by atoms with Gasteiger partial charge in [-0.1, -0.05) is 17.7 Å². The Balaban J connectivity index is 2.32. The largest absolute Gasteiger partial charge is 0.491 e. The summed E-state index contributed by atoms with van der Waals surface area (Å²) in [6, 6.07) is 10.1. The molecule has 0 fully saturated rings. The number of nitrogens with one attached hydrogen (secondary N) is 1. The van der Waals surface area contributed by atoms with E-state index in [1.165, 1.54) is 0 Å². The van der Waals surface area contributed by atoms with Gasteiger partial charge in [0.25, 0.3) is 5.91 Å². The molecule has 4 nitrogen and oxygen atoms in total. The van der Waals surface area contributed by atoms with Crippen LogP contribution in [0.2, 0.25) is 5.02 Å². The molecule has 2 aromatic carbocycles. The van der Waals surface area contributed by atoms with Crippen molar-refractivity contribution in [3.05, 3.63) is 51.5 Å². The Hall–Kier alpha value is -1.72. The smallest absolute Gasteiger partial charge is 0.255 e. The number of anilines is 2. The lowest BCUT2D eigenvalue weighted by atomic mass is 10.2. The monoisotopic (exact) mass is 368 g/mol. The minimum atomic E-state index is -0.280. The Morgan fingerprint density at radius 1 is 1.38 bits per heavy atom. The van der Waals surface area contributed by atoms with Gasteiger partial charge in [0.05, 0.1) is 16.8 Å². The molecule has 0 aliphatic carbocycles. The molecule has 0 unspecified atom stereocenters. The van der Waals surface area contributed by atoms with Gasteiger partial charge >= 0.3 is 0 Å². The van der Waals surface area contributed by atoms with E-state index in [4.69, 9.17) is 22.1 Å². The number of hydrogen-bond acceptors (Lipinski definition) is 3. The van der Waals surface area contributed by atoms with Crippen molar-refractivity contribution in [3.8, 4) is 5.75 Å². The summed E-state index contributed by atoms with van der Waals surface area (Å²) in [7, 11) is 0. The highest BCUT2D eigenvalue weighted by molar-refractivity contribution is 9.10. The number of carbonyl (C=O) groups excluding carboxylic acids is 1. The van der Waals surface area contributed by atoms with Crippen LogP contribution >= 0.6 is 27.5 Å². The first kappa shape index (κ1) is 15.7. The Labute approximate surface area is 136 Å². The quantitative estimate of drug-likeness (QED) is 0.788. The summed E-state index contributed by atoms with van der Waals surface area (Å²) >= 11 is 9.40. The van der Waals surface area contributed by atoms with Crippen LogP contribution in [0.1, 0.15) is 17.3 Å². The van der Waals surface area contributed by atoms with Crippen LogP contribution in [0.5, 0.6) is 5.75 Å². The van der Waals surface area contributed by atoms with Crippen molar-refractivity contribution >= 4 is 44.8 Å². The van der Waals surface area contributed by atoms with Gasteiger partial charge in [-0.25, -0.2) is 0 Å². The summed E-state index contributed by atoms with van der Waals surface area (Å²) in [4.78, 5) is 12.3. The molecule has 0 aliphatic rings. The van der Waals surface area contributed by atoms with Gasteiger partial charge in [0.1, 0.15) is 0 Å². The van der Waals surface area contributed by atoms with E-state index in [1.54, 1.807) is 36.4 Å². The molecule has 0 heterocycles. The lowest BCUT2D eigenvalue weighted by molar-refractivity contribution is 0.102. The summed E-state index contributed by atoms with van der Waals surface area (Å²) in [5.41, 5.74) is 7.18. The maximum absolute atomic E-state index is 12.3. The van der Waals surface area contributed by atoms with E-state index in [0.717, 1.165) is 0 Å². The van der Waals surface area contributed by atoms with Crippen molar-refractivity contribution in [1.82, 2.24) is 0 Å². The highest BCUT2D eigenvalue weighted by Gasteiger charge is 2.14. The van der Waals surface area contributed by atoms with Gasteiger partial charge < -0.3 is 15.8 Å². The zero-order valence-corrected chi connectivity index (χ0v) is 13.7. The van der Waals surface area contributed by atoms with Crippen molar-refractivity contribution in [3.63, 3.8) is 0 Å². The van der Waals surface area contributed by atoms with Crippen molar-refractivity contribution in [1.29, 1.82) is 0 Å². The van der Waals surface area contributed by atoms with Crippen molar-refractivity contribution in [2.45, 2.75) is 6.92 Å². The lowest BCUT2D eigenvalue weighted by Crippen LogP contribution is -2.13. The number of halogens is 2. The predicted molar refractivity (Wildman–Crippen MR) is 89.1 cm³/mol.